The van der Waals surface area contributed by atoms with Crippen molar-refractivity contribution in [3.8, 4) is 11.5 Å². The number of halogens is 1. The smallest absolute Gasteiger partial charge is 0.132 e. The molecule has 132 valence electrons. The molecule has 0 atom stereocenters. The third-order valence-corrected chi connectivity index (χ3v) is 5.11. The molecule has 1 heterocycles. The standard InChI is InChI=1S/C21H19ClN2O2/c1-25-20-15-5-3-4-6-16(15)21(26-2)18-12-24(19(23)11-17(18)20)14-9-7-13(22)8-10-14/h3-10,23H,11-12H2,1-2H3. The average molecular weight is 367 g/mol. The zero-order chi connectivity index (χ0) is 18.3. The van der Waals surface area contributed by atoms with Crippen molar-refractivity contribution in [3.63, 3.8) is 0 Å². The van der Waals surface area contributed by atoms with Crippen LogP contribution >= 0.6 is 11.6 Å². The summed E-state index contributed by atoms with van der Waals surface area (Å²) in [6.07, 6.45) is 0.488. The van der Waals surface area contributed by atoms with Crippen molar-refractivity contribution in [1.82, 2.24) is 0 Å². The zero-order valence-corrected chi connectivity index (χ0v) is 15.4. The Morgan fingerprint density at radius 3 is 2.04 bits per heavy atom. The van der Waals surface area contributed by atoms with Crippen LogP contribution in [0.5, 0.6) is 11.5 Å². The van der Waals surface area contributed by atoms with E-state index in [1.165, 1.54) is 0 Å². The van der Waals surface area contributed by atoms with E-state index in [0.717, 1.165) is 39.1 Å². The molecule has 3 aromatic rings. The van der Waals surface area contributed by atoms with Crippen LogP contribution in [-0.2, 0) is 13.0 Å². The van der Waals surface area contributed by atoms with Gasteiger partial charge in [-0.25, -0.2) is 0 Å². The molecule has 1 aliphatic heterocycles. The molecule has 0 bridgehead atoms. The number of anilines is 1. The van der Waals surface area contributed by atoms with Gasteiger partial charge >= 0.3 is 0 Å². The fourth-order valence-corrected chi connectivity index (χ4v) is 3.81. The van der Waals surface area contributed by atoms with Crippen molar-refractivity contribution in [1.29, 1.82) is 5.41 Å². The van der Waals surface area contributed by atoms with Gasteiger partial charge in [0.25, 0.3) is 0 Å². The van der Waals surface area contributed by atoms with Gasteiger partial charge in [-0.2, -0.15) is 0 Å². The lowest BCUT2D eigenvalue weighted by atomic mass is 9.91. The topological polar surface area (TPSA) is 45.6 Å². The van der Waals surface area contributed by atoms with Gasteiger partial charge in [0.1, 0.15) is 17.3 Å². The van der Waals surface area contributed by atoms with Crippen LogP contribution in [0.2, 0.25) is 5.02 Å². The molecule has 0 radical (unpaired) electrons. The number of ether oxygens (including phenoxy) is 2. The maximum atomic E-state index is 8.57. The van der Waals surface area contributed by atoms with Crippen molar-refractivity contribution in [3.05, 3.63) is 64.7 Å². The van der Waals surface area contributed by atoms with E-state index < -0.39 is 0 Å². The molecule has 0 amide bonds. The van der Waals surface area contributed by atoms with Gasteiger partial charge in [-0.1, -0.05) is 35.9 Å². The lowest BCUT2D eigenvalue weighted by molar-refractivity contribution is 0.402. The van der Waals surface area contributed by atoms with E-state index in [-0.39, 0.29) is 0 Å². The number of rotatable bonds is 3. The number of fused-ring (bicyclic) bond motifs is 2. The highest BCUT2D eigenvalue weighted by Crippen LogP contribution is 2.44. The summed E-state index contributed by atoms with van der Waals surface area (Å²) in [6, 6.07) is 15.6. The van der Waals surface area contributed by atoms with Crippen LogP contribution in [0, 0.1) is 5.41 Å². The maximum absolute atomic E-state index is 8.57. The first-order chi connectivity index (χ1) is 12.6. The predicted molar refractivity (Wildman–Crippen MR) is 106 cm³/mol. The van der Waals surface area contributed by atoms with Gasteiger partial charge in [-0.3, -0.25) is 5.41 Å². The van der Waals surface area contributed by atoms with Crippen LogP contribution in [0.15, 0.2) is 48.5 Å². The van der Waals surface area contributed by atoms with Crippen molar-refractivity contribution < 1.29 is 9.47 Å². The fraction of sp³-hybridized carbons (Fsp3) is 0.190. The first-order valence-corrected chi connectivity index (χ1v) is 8.76. The van der Waals surface area contributed by atoms with E-state index in [4.69, 9.17) is 26.5 Å². The molecule has 0 saturated heterocycles. The van der Waals surface area contributed by atoms with E-state index >= 15 is 0 Å². The second-order valence-electron chi connectivity index (χ2n) is 6.26. The van der Waals surface area contributed by atoms with Crippen LogP contribution < -0.4 is 14.4 Å². The Hall–Kier alpha value is -2.72. The maximum Gasteiger partial charge on any atom is 0.132 e. The summed E-state index contributed by atoms with van der Waals surface area (Å²) in [5, 5.41) is 11.3. The van der Waals surface area contributed by atoms with Gasteiger partial charge in [0.15, 0.2) is 0 Å². The summed E-state index contributed by atoms with van der Waals surface area (Å²) in [5.74, 6) is 2.20. The van der Waals surface area contributed by atoms with Gasteiger partial charge in [0.2, 0.25) is 0 Å². The quantitative estimate of drug-likeness (QED) is 0.705. The summed E-state index contributed by atoms with van der Waals surface area (Å²) < 4.78 is 11.5. The Balaban J connectivity index is 1.92. The molecule has 0 unspecified atom stereocenters. The number of methoxy groups -OCH3 is 2. The van der Waals surface area contributed by atoms with Gasteiger partial charge < -0.3 is 14.4 Å². The number of hydrogen-bond donors (Lipinski definition) is 1. The summed E-state index contributed by atoms with van der Waals surface area (Å²) in [4.78, 5) is 1.98. The van der Waals surface area contributed by atoms with Crippen LogP contribution in [0.4, 0.5) is 5.69 Å². The highest BCUT2D eigenvalue weighted by atomic mass is 35.5. The summed E-state index contributed by atoms with van der Waals surface area (Å²) in [5.41, 5.74) is 3.03. The van der Waals surface area contributed by atoms with Crippen molar-refractivity contribution in [2.75, 3.05) is 19.1 Å². The predicted octanol–water partition coefficient (Wildman–Crippen LogP) is 5.05. The van der Waals surface area contributed by atoms with E-state index in [2.05, 4.69) is 0 Å². The molecule has 4 nitrogen and oxygen atoms in total. The van der Waals surface area contributed by atoms with Crippen LogP contribution in [0.25, 0.3) is 10.8 Å². The van der Waals surface area contributed by atoms with Gasteiger partial charge in [-0.15, -0.1) is 0 Å². The van der Waals surface area contributed by atoms with E-state index in [1.807, 2.05) is 53.4 Å². The molecule has 4 rings (SSSR count). The molecule has 0 spiro atoms. The molecule has 1 N–H and O–H groups in total. The summed E-state index contributed by atoms with van der Waals surface area (Å²) >= 11 is 6.01. The third-order valence-electron chi connectivity index (χ3n) is 4.86. The first kappa shape index (κ1) is 16.7. The Bertz CT molecular complexity index is 999. The van der Waals surface area contributed by atoms with Crippen LogP contribution in [0.3, 0.4) is 0 Å². The molecular weight excluding hydrogens is 348 g/mol. The lowest BCUT2D eigenvalue weighted by Crippen LogP contribution is -2.36. The molecule has 0 saturated carbocycles. The molecule has 0 fully saturated rings. The van der Waals surface area contributed by atoms with Crippen molar-refractivity contribution in [2.24, 2.45) is 0 Å². The fourth-order valence-electron chi connectivity index (χ4n) is 3.68. The normalized spacial score (nSPS) is 13.7. The summed E-state index contributed by atoms with van der Waals surface area (Å²) in [7, 11) is 3.38. The summed E-state index contributed by atoms with van der Waals surface area (Å²) in [6.45, 7) is 0.556. The number of amidine groups is 1. The SMILES string of the molecule is COc1c2c(c(OC)c3ccccc13)CN(c1ccc(Cl)cc1)C(=N)C2. The van der Waals surface area contributed by atoms with Gasteiger partial charge in [-0.05, 0) is 24.3 Å². The number of benzene rings is 3. The molecule has 26 heavy (non-hydrogen) atoms. The highest BCUT2D eigenvalue weighted by molar-refractivity contribution is 6.30. The molecular formula is C21H19ClN2O2. The largest absolute Gasteiger partial charge is 0.496 e. The number of nitrogens with zero attached hydrogens (tertiary/aromatic N) is 1. The minimum absolute atomic E-state index is 0.488. The molecule has 1 aliphatic rings. The molecule has 0 aromatic heterocycles. The Morgan fingerprint density at radius 2 is 1.46 bits per heavy atom. The van der Waals surface area contributed by atoms with Crippen LogP contribution in [0.1, 0.15) is 11.1 Å². The van der Waals surface area contributed by atoms with E-state index in [1.54, 1.807) is 14.2 Å². The molecule has 5 heteroatoms. The molecule has 0 aliphatic carbocycles. The Kier molecular flexibility index (Phi) is 4.21. The van der Waals surface area contributed by atoms with Gasteiger partial charge in [0.05, 0.1) is 20.8 Å². The minimum atomic E-state index is 0.488. The van der Waals surface area contributed by atoms with Gasteiger partial charge in [0, 0.05) is 39.0 Å². The monoisotopic (exact) mass is 366 g/mol. The Morgan fingerprint density at radius 1 is 0.885 bits per heavy atom. The zero-order valence-electron chi connectivity index (χ0n) is 14.7. The number of hydrogen-bond acceptors (Lipinski definition) is 3. The number of nitrogens with one attached hydrogen (secondary N) is 1. The highest BCUT2D eigenvalue weighted by Gasteiger charge is 2.29. The van der Waals surface area contributed by atoms with E-state index in [0.29, 0.717) is 23.8 Å². The third kappa shape index (κ3) is 2.58. The van der Waals surface area contributed by atoms with Crippen molar-refractivity contribution in [2.45, 2.75) is 13.0 Å². The first-order valence-electron chi connectivity index (χ1n) is 8.39. The average Bonchev–Trinajstić information content (AvgIpc) is 2.66. The second kappa shape index (κ2) is 6.54. The van der Waals surface area contributed by atoms with Crippen molar-refractivity contribution >= 4 is 33.9 Å². The van der Waals surface area contributed by atoms with E-state index in [9.17, 15) is 0 Å². The molecule has 3 aromatic carbocycles. The lowest BCUT2D eigenvalue weighted by Gasteiger charge is -2.33. The second-order valence-corrected chi connectivity index (χ2v) is 6.69. The Labute approximate surface area is 157 Å². The minimum Gasteiger partial charge on any atom is -0.496 e. The van der Waals surface area contributed by atoms with Crippen LogP contribution in [-0.4, -0.2) is 20.1 Å².